The first kappa shape index (κ1) is 87.1. The Morgan fingerprint density at radius 3 is 1.19 bits per heavy atom. The number of aromatic nitrogens is 15. The second kappa shape index (κ2) is 35.2. The third-order valence-corrected chi connectivity index (χ3v) is 23.7. The number of amidine groups is 1. The summed E-state index contributed by atoms with van der Waals surface area (Å²) in [5, 5.41) is 19.7. The number of anilines is 14. The predicted molar refractivity (Wildman–Crippen MR) is 518 cm³/mol. The van der Waals surface area contributed by atoms with Gasteiger partial charge in [0.1, 0.15) is 34.5 Å². The molecule has 662 valence electrons. The maximum atomic E-state index is 13.3. The number of pyridine rings is 1. The van der Waals surface area contributed by atoms with Crippen molar-refractivity contribution >= 4 is 153 Å². The summed E-state index contributed by atoms with van der Waals surface area (Å²) in [6.07, 6.45) is 7.63. The van der Waals surface area contributed by atoms with Crippen molar-refractivity contribution in [3.63, 3.8) is 0 Å². The summed E-state index contributed by atoms with van der Waals surface area (Å²) in [7, 11) is 9.01. The number of nitrogens with zero attached hydrogens (tertiary/aromatic N) is 9. The van der Waals surface area contributed by atoms with E-state index in [4.69, 9.17) is 0 Å². The van der Waals surface area contributed by atoms with Crippen LogP contribution in [0.25, 0.3) is 66.2 Å². The van der Waals surface area contributed by atoms with Crippen molar-refractivity contribution in [3.8, 4) is 11.5 Å². The molecule has 15 heterocycles. The van der Waals surface area contributed by atoms with E-state index < -0.39 is 62.5 Å². The van der Waals surface area contributed by atoms with Crippen LogP contribution in [0.3, 0.4) is 0 Å². The van der Waals surface area contributed by atoms with Gasteiger partial charge < -0.3 is 65.4 Å². The fourth-order valence-electron chi connectivity index (χ4n) is 15.9. The van der Waals surface area contributed by atoms with E-state index in [1.54, 1.807) is 29.8 Å². The fourth-order valence-corrected chi connectivity index (χ4v) is 15.9. The lowest BCUT2D eigenvalue weighted by molar-refractivity contribution is -0.122. The zero-order chi connectivity index (χ0) is 92.9. The van der Waals surface area contributed by atoms with Crippen LogP contribution in [0.15, 0.2) is 238 Å². The molecule has 0 aliphatic carbocycles. The van der Waals surface area contributed by atoms with Gasteiger partial charge in [-0.05, 0) is 233 Å². The molecular weight excluding hydrogens is 1660 g/mol. The fraction of sp³-hybridized carbons (Fsp3) is 0.167. The Hall–Kier alpha value is -17.4. The number of imide groups is 1. The molecule has 23 rings (SSSR count). The first-order chi connectivity index (χ1) is 62.7. The van der Waals surface area contributed by atoms with Gasteiger partial charge in [-0.1, -0.05) is 72.8 Å². The van der Waals surface area contributed by atoms with Crippen LogP contribution in [-0.4, -0.2) is 120 Å². The zero-order valence-corrected chi connectivity index (χ0v) is 74.1. The van der Waals surface area contributed by atoms with E-state index in [1.807, 2.05) is 239 Å². The Kier molecular flexibility index (Phi) is 23.4. The molecule has 16 N–H and O–H groups in total. The van der Waals surface area contributed by atoms with Gasteiger partial charge in [-0.15, -0.1) is 0 Å². The number of rotatable bonds is 1. The maximum Gasteiger partial charge on any atom is 0.349 e. The number of hydrogen-bond acceptors (Lipinski definition) is 21. The third-order valence-electron chi connectivity index (χ3n) is 23.7. The van der Waals surface area contributed by atoms with Crippen molar-refractivity contribution in [1.82, 2.24) is 79.7 Å². The molecule has 0 spiro atoms. The zero-order valence-electron chi connectivity index (χ0n) is 74.1. The van der Waals surface area contributed by atoms with Crippen LogP contribution in [0.5, 0.6) is 0 Å². The Balaban J connectivity index is 0.000000112. The highest BCUT2D eigenvalue weighted by atomic mass is 16.2. The summed E-state index contributed by atoms with van der Waals surface area (Å²) < 4.78 is 1.72. The van der Waals surface area contributed by atoms with Crippen molar-refractivity contribution in [2.45, 2.75) is 74.8 Å². The number of H-pyrrole nitrogens is 11. The molecule has 1 unspecified atom stereocenters. The van der Waals surface area contributed by atoms with Crippen LogP contribution in [-0.2, 0) is 17.4 Å². The molecular formula is C96H93N25O10. The molecule has 35 heteroatoms. The molecule has 0 radical (unpaired) electrons. The van der Waals surface area contributed by atoms with Crippen LogP contribution < -0.4 is 91.2 Å². The highest BCUT2D eigenvalue weighted by Gasteiger charge is 2.55. The second-order valence-corrected chi connectivity index (χ2v) is 32.3. The Morgan fingerprint density at radius 1 is 0.351 bits per heavy atom. The molecule has 3 amide bonds. The van der Waals surface area contributed by atoms with Gasteiger partial charge in [-0.25, -0.2) is 33.9 Å². The van der Waals surface area contributed by atoms with Gasteiger partial charge in [-0.2, -0.15) is 9.98 Å². The maximum absolute atomic E-state index is 13.3. The van der Waals surface area contributed by atoms with Crippen LogP contribution >= 0.6 is 0 Å². The molecule has 0 bridgehead atoms. The standard InChI is InChI=1S/C20H18N6O2.3C13H14N4O2.C13H12N4O2.3C8H7N/c1-10-8-15-16(22-11(10)2)26(3)17-20(25-15,18(27)24-19(28)23-17)13-9-21-14-7-5-4-6-12(13)14;4*1-6-4-8-9(5-7(6)2)17(3)11-10(14-8)12(18)16-13(19)15-11;3*1-2-4-8-7(3-1)5-6-9-8/h4-9,21,25H,1-3H3,(H,24,27,28);3*4-5,14H,1-3H3,(H2,15,16,18,19);4-5H,1-3H3,(H,16,18,19);3*1-6,9H. The average Bonchev–Trinajstić information content (AvgIpc) is 1.70. The number of benzene rings is 8. The van der Waals surface area contributed by atoms with Crippen molar-refractivity contribution < 1.29 is 9.59 Å². The van der Waals surface area contributed by atoms with E-state index in [2.05, 4.69) is 156 Å². The Bertz CT molecular complexity index is 7560. The van der Waals surface area contributed by atoms with E-state index >= 15 is 0 Å². The molecule has 0 saturated heterocycles. The third kappa shape index (κ3) is 17.0. The first-order valence-corrected chi connectivity index (χ1v) is 41.6. The number of fused-ring (bicyclic) bond motifs is 14. The van der Waals surface area contributed by atoms with Gasteiger partial charge >= 0.3 is 28.8 Å². The minimum Gasteiger partial charge on any atom is -0.361 e. The molecule has 16 aromatic rings. The number of urea groups is 1. The molecule has 35 nitrogen and oxygen atoms in total. The SMILES string of the molecule is Cc1cc2c(cc1C)N(C)c1[nH]c(=O)[nH]c(=O)c1N2.Cc1cc2c(cc1C)N(C)c1[nH]c(=O)[nH]c(=O)c1N2.Cc1cc2c(cc1C)N(C)c1[nH]c(=O)[nH]c(=O)c1N2.Cc1cc2c(nc1C)N(C)C1=NC(=O)NC(=O)C1(c1c[nH]c3ccccc13)N2.Cc1cc2nc3c(=O)[nH]c(=O)nc-3n(C)c2cc1C.c1ccc2[nH]ccc2c1.c1ccc2[nH]ccc2c1.c1ccc2[nH]ccc2c1. The largest absolute Gasteiger partial charge is 0.361 e. The van der Waals surface area contributed by atoms with Gasteiger partial charge in [0.05, 0.1) is 50.8 Å². The van der Waals surface area contributed by atoms with Gasteiger partial charge in [0, 0.05) is 98.7 Å². The van der Waals surface area contributed by atoms with Crippen LogP contribution in [0.4, 0.5) is 84.9 Å². The number of aryl methyl sites for hydroxylation is 11. The molecule has 1 atom stereocenters. The number of likely N-dealkylation sites (N-methyl/N-ethyl adjacent to an activating group) is 1. The van der Waals surface area contributed by atoms with Gasteiger partial charge in [0.25, 0.3) is 28.1 Å². The van der Waals surface area contributed by atoms with Crippen LogP contribution in [0.1, 0.15) is 61.3 Å². The van der Waals surface area contributed by atoms with E-state index in [0.717, 1.165) is 106 Å². The van der Waals surface area contributed by atoms with E-state index in [1.165, 1.54) is 32.7 Å². The van der Waals surface area contributed by atoms with Crippen LogP contribution in [0.2, 0.25) is 0 Å². The van der Waals surface area contributed by atoms with Crippen molar-refractivity contribution in [1.29, 1.82) is 0 Å². The Morgan fingerprint density at radius 2 is 0.748 bits per heavy atom. The van der Waals surface area contributed by atoms with E-state index in [0.29, 0.717) is 68.8 Å². The number of nitrogens with one attached hydrogen (secondary N) is 16. The van der Waals surface area contributed by atoms with Gasteiger partial charge in [0.15, 0.2) is 23.2 Å². The predicted octanol–water partition coefficient (Wildman–Crippen LogP) is 14.3. The molecule has 7 aliphatic rings. The number of carbonyl (C=O) groups excluding carboxylic acids is 2. The van der Waals surface area contributed by atoms with Gasteiger partial charge in [0.2, 0.25) is 5.54 Å². The first-order valence-electron chi connectivity index (χ1n) is 41.6. The number of para-hydroxylation sites is 4. The number of amides is 3. The highest BCUT2D eigenvalue weighted by Crippen LogP contribution is 2.46. The van der Waals surface area contributed by atoms with Crippen molar-refractivity contribution in [2.75, 3.05) is 69.1 Å². The molecule has 7 aliphatic heterocycles. The van der Waals surface area contributed by atoms with Crippen molar-refractivity contribution in [2.24, 2.45) is 12.0 Å². The monoisotopic (exact) mass is 1760 g/mol. The topological polar surface area (TPSA) is 473 Å². The molecule has 0 fully saturated rings. The normalized spacial score (nSPS) is 13.7. The summed E-state index contributed by atoms with van der Waals surface area (Å²) in [5.41, 5.74) is 19.8. The smallest absolute Gasteiger partial charge is 0.349 e. The van der Waals surface area contributed by atoms with Crippen molar-refractivity contribution in [3.05, 3.63) is 339 Å². The molecule has 8 aromatic carbocycles. The quantitative estimate of drug-likeness (QED) is 0.0679. The number of aliphatic imine (C=N–C) groups is 1. The summed E-state index contributed by atoms with van der Waals surface area (Å²) >= 11 is 0. The lowest BCUT2D eigenvalue weighted by atomic mass is 9.83. The summed E-state index contributed by atoms with van der Waals surface area (Å²) in [6.45, 7) is 20.0. The summed E-state index contributed by atoms with van der Waals surface area (Å²) in [6, 6.07) is 55.8. The average molecular weight is 1760 g/mol. The molecule has 0 saturated carbocycles. The lowest BCUT2D eigenvalue weighted by Gasteiger charge is -2.44. The number of carbonyl (C=O) groups is 2. The number of hydrogen-bond donors (Lipinski definition) is 16. The highest BCUT2D eigenvalue weighted by molar-refractivity contribution is 6.31. The van der Waals surface area contributed by atoms with Gasteiger partial charge in [-0.3, -0.25) is 64.2 Å². The Labute approximate surface area is 744 Å². The lowest BCUT2D eigenvalue weighted by Crippen LogP contribution is -2.65. The summed E-state index contributed by atoms with van der Waals surface area (Å²) in [5.74, 6) is 2.18. The van der Waals surface area contributed by atoms with Crippen LogP contribution in [0, 0.1) is 69.2 Å². The molecule has 8 aromatic heterocycles. The minimum absolute atomic E-state index is 0.179. The van der Waals surface area contributed by atoms with E-state index in [9.17, 15) is 47.9 Å². The number of aromatic amines is 11. The summed E-state index contributed by atoms with van der Waals surface area (Å²) in [4.78, 5) is 171. The van der Waals surface area contributed by atoms with E-state index in [-0.39, 0.29) is 5.69 Å². The second-order valence-electron chi connectivity index (χ2n) is 32.3. The molecule has 131 heavy (non-hydrogen) atoms. The minimum atomic E-state index is -1.35.